The van der Waals surface area contributed by atoms with Crippen LogP contribution in [0.5, 0.6) is 0 Å². The van der Waals surface area contributed by atoms with Crippen molar-refractivity contribution in [2.75, 3.05) is 6.54 Å². The predicted molar refractivity (Wildman–Crippen MR) is 76.2 cm³/mol. The fourth-order valence-electron chi connectivity index (χ4n) is 1.59. The molecule has 1 rings (SSSR count). The monoisotopic (exact) mass is 264 g/mol. The summed E-state index contributed by atoms with van der Waals surface area (Å²) < 4.78 is 1.05. The van der Waals surface area contributed by atoms with Crippen LogP contribution in [0.1, 0.15) is 45.4 Å². The number of thioether (sulfide) groups is 1. The Labute approximate surface area is 108 Å². The standard InChI is InChI=1S/C10H20N2S3/c1-2-3-4-5-6-7-8-12-10(14)15-9(13)11-12/h10,14H,2-8H2,1H3,(H,11,13). The van der Waals surface area contributed by atoms with Gasteiger partial charge >= 0.3 is 0 Å². The smallest absolute Gasteiger partial charge is 0.150 e. The molecule has 1 heterocycles. The summed E-state index contributed by atoms with van der Waals surface area (Å²) in [6.07, 6.45) is 7.97. The van der Waals surface area contributed by atoms with Crippen LogP contribution in [0.25, 0.3) is 0 Å². The van der Waals surface area contributed by atoms with Crippen LogP contribution in [0.2, 0.25) is 0 Å². The molecule has 1 aliphatic heterocycles. The van der Waals surface area contributed by atoms with Gasteiger partial charge in [0.05, 0.1) is 0 Å². The largest absolute Gasteiger partial charge is 0.302 e. The molecule has 1 saturated heterocycles. The average Bonchev–Trinajstić information content (AvgIpc) is 2.51. The first kappa shape index (κ1) is 13.6. The van der Waals surface area contributed by atoms with Crippen molar-refractivity contribution in [2.24, 2.45) is 0 Å². The van der Waals surface area contributed by atoms with E-state index in [-0.39, 0.29) is 4.71 Å². The zero-order chi connectivity index (χ0) is 11.1. The number of hydrogen-bond donors (Lipinski definition) is 2. The second-order valence-corrected chi connectivity index (χ2v) is 6.40. The van der Waals surface area contributed by atoms with Gasteiger partial charge in [-0.2, -0.15) is 5.01 Å². The molecule has 1 aliphatic rings. The summed E-state index contributed by atoms with van der Waals surface area (Å²) in [7, 11) is 0. The summed E-state index contributed by atoms with van der Waals surface area (Å²) in [5.41, 5.74) is 3.16. The molecule has 0 aromatic heterocycles. The molecular weight excluding hydrogens is 244 g/mol. The molecule has 1 atom stereocenters. The number of hydrogen-bond acceptors (Lipinski definition) is 4. The minimum absolute atomic E-state index is 0.202. The lowest BCUT2D eigenvalue weighted by Gasteiger charge is -2.18. The SMILES string of the molecule is CCCCCCCCN1NC(=S)SC1S. The molecule has 0 aromatic rings. The summed E-state index contributed by atoms with van der Waals surface area (Å²) in [5, 5.41) is 2.12. The summed E-state index contributed by atoms with van der Waals surface area (Å²) in [5.74, 6) is 0. The van der Waals surface area contributed by atoms with Crippen molar-refractivity contribution in [3.05, 3.63) is 0 Å². The van der Waals surface area contributed by atoms with Gasteiger partial charge in [0.15, 0.2) is 4.32 Å². The van der Waals surface area contributed by atoms with Gasteiger partial charge < -0.3 is 5.43 Å². The van der Waals surface area contributed by atoms with Crippen LogP contribution >= 0.6 is 36.6 Å². The van der Waals surface area contributed by atoms with E-state index in [1.165, 1.54) is 38.5 Å². The number of thiocarbonyl (C=S) groups is 1. The van der Waals surface area contributed by atoms with Crippen LogP contribution in [0.15, 0.2) is 0 Å². The maximum Gasteiger partial charge on any atom is 0.150 e. The Hall–Kier alpha value is 0.550. The normalized spacial score (nSPS) is 22.0. The minimum atomic E-state index is 0.202. The van der Waals surface area contributed by atoms with E-state index in [2.05, 4.69) is 30.0 Å². The van der Waals surface area contributed by atoms with Crippen LogP contribution < -0.4 is 5.43 Å². The van der Waals surface area contributed by atoms with E-state index in [4.69, 9.17) is 12.2 Å². The molecule has 1 fully saturated rings. The number of thiol groups is 1. The van der Waals surface area contributed by atoms with Gasteiger partial charge in [-0.15, -0.1) is 12.6 Å². The van der Waals surface area contributed by atoms with E-state index in [0.29, 0.717) is 0 Å². The lowest BCUT2D eigenvalue weighted by Crippen LogP contribution is -2.36. The second-order valence-electron chi connectivity index (χ2n) is 3.80. The lowest BCUT2D eigenvalue weighted by atomic mass is 10.1. The van der Waals surface area contributed by atoms with Crippen LogP contribution in [0, 0.1) is 0 Å². The number of nitrogens with zero attached hydrogens (tertiary/aromatic N) is 1. The van der Waals surface area contributed by atoms with Gasteiger partial charge in [-0.1, -0.05) is 63.0 Å². The summed E-state index contributed by atoms with van der Waals surface area (Å²) in [4.78, 5) is 0. The highest BCUT2D eigenvalue weighted by atomic mass is 32.2. The maximum absolute atomic E-state index is 5.07. The molecule has 0 aliphatic carbocycles. The first-order valence-corrected chi connectivity index (χ1v) is 7.46. The van der Waals surface area contributed by atoms with Crippen LogP contribution in [0.4, 0.5) is 0 Å². The fourth-order valence-corrected chi connectivity index (χ4v) is 3.33. The van der Waals surface area contributed by atoms with Crippen molar-refractivity contribution >= 4 is 40.9 Å². The van der Waals surface area contributed by atoms with E-state index in [1.54, 1.807) is 11.8 Å². The number of hydrazine groups is 1. The van der Waals surface area contributed by atoms with Gasteiger partial charge in [-0.05, 0) is 6.42 Å². The van der Waals surface area contributed by atoms with E-state index < -0.39 is 0 Å². The van der Waals surface area contributed by atoms with Crippen molar-refractivity contribution in [1.29, 1.82) is 0 Å². The maximum atomic E-state index is 5.07. The van der Waals surface area contributed by atoms with Crippen LogP contribution in [-0.2, 0) is 0 Å². The van der Waals surface area contributed by atoms with E-state index in [0.717, 1.165) is 10.9 Å². The molecule has 88 valence electrons. The average molecular weight is 264 g/mol. The van der Waals surface area contributed by atoms with Gasteiger partial charge in [0.1, 0.15) is 4.71 Å². The quantitative estimate of drug-likeness (QED) is 0.416. The highest BCUT2D eigenvalue weighted by Crippen LogP contribution is 2.25. The second kappa shape index (κ2) is 7.76. The number of rotatable bonds is 7. The molecule has 2 nitrogen and oxygen atoms in total. The van der Waals surface area contributed by atoms with Gasteiger partial charge in [0, 0.05) is 6.54 Å². The molecule has 0 saturated carbocycles. The Bertz CT molecular complexity index is 199. The van der Waals surface area contributed by atoms with Gasteiger partial charge in [-0.25, -0.2) is 0 Å². The highest BCUT2D eigenvalue weighted by molar-refractivity contribution is 8.28. The molecule has 0 bridgehead atoms. The van der Waals surface area contributed by atoms with E-state index >= 15 is 0 Å². The van der Waals surface area contributed by atoms with Crippen molar-refractivity contribution in [1.82, 2.24) is 10.4 Å². The Morgan fingerprint density at radius 3 is 2.60 bits per heavy atom. The Balaban J connectivity index is 1.98. The van der Waals surface area contributed by atoms with Crippen LogP contribution in [-0.4, -0.2) is 20.6 Å². The topological polar surface area (TPSA) is 15.3 Å². The zero-order valence-corrected chi connectivity index (χ0v) is 11.8. The van der Waals surface area contributed by atoms with Crippen molar-refractivity contribution in [3.63, 3.8) is 0 Å². The van der Waals surface area contributed by atoms with Crippen molar-refractivity contribution in [2.45, 2.75) is 50.2 Å². The Morgan fingerprint density at radius 2 is 2.00 bits per heavy atom. The number of unbranched alkanes of at least 4 members (excludes halogenated alkanes) is 5. The summed E-state index contributed by atoms with van der Waals surface area (Å²) >= 11 is 11.1. The summed E-state index contributed by atoms with van der Waals surface area (Å²) in [6.45, 7) is 3.30. The number of nitrogens with one attached hydrogen (secondary N) is 1. The van der Waals surface area contributed by atoms with Gasteiger partial charge in [0.2, 0.25) is 0 Å². The lowest BCUT2D eigenvalue weighted by molar-refractivity contribution is 0.269. The minimum Gasteiger partial charge on any atom is -0.302 e. The van der Waals surface area contributed by atoms with Crippen molar-refractivity contribution in [3.8, 4) is 0 Å². The molecule has 0 radical (unpaired) electrons. The Kier molecular flexibility index (Phi) is 7.05. The Morgan fingerprint density at radius 1 is 1.33 bits per heavy atom. The third-order valence-corrected chi connectivity index (χ3v) is 4.21. The highest BCUT2D eigenvalue weighted by Gasteiger charge is 2.24. The molecule has 1 N–H and O–H groups in total. The molecule has 1 unspecified atom stereocenters. The molecule has 5 heteroatoms. The first-order valence-electron chi connectivity index (χ1n) is 5.66. The van der Waals surface area contributed by atoms with Gasteiger partial charge in [0.25, 0.3) is 0 Å². The zero-order valence-electron chi connectivity index (χ0n) is 9.24. The van der Waals surface area contributed by atoms with Crippen LogP contribution in [0.3, 0.4) is 0 Å². The first-order chi connectivity index (χ1) is 7.24. The predicted octanol–water partition coefficient (Wildman–Crippen LogP) is 3.40. The van der Waals surface area contributed by atoms with Gasteiger partial charge in [-0.3, -0.25) is 0 Å². The molecular formula is C10H20N2S3. The van der Waals surface area contributed by atoms with Crippen molar-refractivity contribution < 1.29 is 0 Å². The molecule has 0 aromatic carbocycles. The molecule has 15 heavy (non-hydrogen) atoms. The molecule has 0 amide bonds. The van der Waals surface area contributed by atoms with E-state index in [9.17, 15) is 0 Å². The fraction of sp³-hybridized carbons (Fsp3) is 0.900. The third-order valence-electron chi connectivity index (χ3n) is 2.47. The third kappa shape index (κ3) is 5.43. The summed E-state index contributed by atoms with van der Waals surface area (Å²) in [6, 6.07) is 0. The molecule has 0 spiro atoms. The van der Waals surface area contributed by atoms with E-state index in [1.807, 2.05) is 0 Å².